The highest BCUT2D eigenvalue weighted by molar-refractivity contribution is 5.91. The second kappa shape index (κ2) is 13.4. The normalized spacial score (nSPS) is 39.6. The molecule has 0 aromatic carbocycles. The fraction of sp³-hybridized carbons (Fsp3) is 0.839. The molecule has 0 aromatic heterocycles. The first-order valence-electron chi connectivity index (χ1n) is 13.8. The molecule has 4 saturated carbocycles. The van der Waals surface area contributed by atoms with Crippen LogP contribution in [0.1, 0.15) is 106 Å². The molecule has 212 valence electrons. The fourth-order valence-electron chi connectivity index (χ4n) is 8.43. The van der Waals surface area contributed by atoms with Gasteiger partial charge in [-0.1, -0.05) is 48.5 Å². The molecule has 37 heavy (non-hydrogen) atoms. The van der Waals surface area contributed by atoms with E-state index < -0.39 is 17.1 Å². The van der Waals surface area contributed by atoms with Gasteiger partial charge in [0, 0.05) is 31.8 Å². The zero-order valence-corrected chi connectivity index (χ0v) is 23.3. The Kier molecular flexibility index (Phi) is 12.0. The van der Waals surface area contributed by atoms with Crippen LogP contribution in [0.2, 0.25) is 0 Å². The number of aliphatic hydroxyl groups is 1. The van der Waals surface area contributed by atoms with Crippen LogP contribution in [0.5, 0.6) is 0 Å². The number of hydrogen-bond acceptors (Lipinski definition) is 6. The zero-order valence-electron chi connectivity index (χ0n) is 23.3. The van der Waals surface area contributed by atoms with Gasteiger partial charge in [-0.3, -0.25) is 14.4 Å². The van der Waals surface area contributed by atoms with Gasteiger partial charge in [0.2, 0.25) is 5.78 Å². The third kappa shape index (κ3) is 5.69. The average Bonchev–Trinajstić information content (AvgIpc) is 3.16. The lowest BCUT2D eigenvalue weighted by atomic mass is 9.43. The Bertz CT molecular complexity index is 820. The van der Waals surface area contributed by atoms with Gasteiger partial charge in [0.15, 0.2) is 6.61 Å². The second-order valence-electron chi connectivity index (χ2n) is 11.7. The van der Waals surface area contributed by atoms with Gasteiger partial charge in [-0.2, -0.15) is 0 Å². The number of hydrogen-bond donors (Lipinski definition) is 1. The Labute approximate surface area is 225 Å². The summed E-state index contributed by atoms with van der Waals surface area (Å²) >= 11 is 0. The largest absolute Gasteiger partial charge is 0.458 e. The van der Waals surface area contributed by atoms with Crippen LogP contribution >= 0.6 is 0 Å². The molecule has 0 aliphatic heterocycles. The highest BCUT2D eigenvalue weighted by Crippen LogP contribution is 2.68. The van der Waals surface area contributed by atoms with Crippen molar-refractivity contribution >= 4 is 17.5 Å². The predicted molar refractivity (Wildman–Crippen MR) is 147 cm³/mol. The van der Waals surface area contributed by atoms with Crippen molar-refractivity contribution in [3.63, 3.8) is 0 Å². The van der Waals surface area contributed by atoms with Crippen LogP contribution in [-0.2, 0) is 23.9 Å². The molecular weight excluding hydrogens is 468 g/mol. The molecule has 6 heteroatoms. The molecule has 6 nitrogen and oxygen atoms in total. The minimum absolute atomic E-state index is 0. The number of fused-ring (bicyclic) bond motifs is 5. The van der Waals surface area contributed by atoms with E-state index in [-0.39, 0.29) is 49.5 Å². The number of esters is 1. The van der Waals surface area contributed by atoms with Crippen LogP contribution in [0.15, 0.2) is 0 Å². The molecule has 0 saturated heterocycles. The Morgan fingerprint density at radius 3 is 2.27 bits per heavy atom. The molecule has 0 spiro atoms. The van der Waals surface area contributed by atoms with Gasteiger partial charge < -0.3 is 14.6 Å². The van der Waals surface area contributed by atoms with Gasteiger partial charge in [0.25, 0.3) is 0 Å². The van der Waals surface area contributed by atoms with Crippen LogP contribution in [-0.4, -0.2) is 48.1 Å². The molecule has 4 aliphatic carbocycles. The first-order chi connectivity index (χ1) is 17.0. The molecular formula is C31H52O6. The third-order valence-corrected chi connectivity index (χ3v) is 9.99. The van der Waals surface area contributed by atoms with Gasteiger partial charge in [-0.25, -0.2) is 0 Å². The number of rotatable bonds is 5. The smallest absolute Gasteiger partial charge is 0.305 e. The Balaban J connectivity index is 0.00000106. The van der Waals surface area contributed by atoms with Crippen LogP contribution in [0, 0.1) is 47.3 Å². The number of terminal acetylenes is 1. The molecule has 0 amide bonds. The minimum atomic E-state index is -1.03. The summed E-state index contributed by atoms with van der Waals surface area (Å²) in [5.74, 6) is 0.920. The lowest BCUT2D eigenvalue weighted by Gasteiger charge is -2.62. The first-order valence-corrected chi connectivity index (χ1v) is 13.8. The molecule has 4 rings (SSSR count). The van der Waals surface area contributed by atoms with Gasteiger partial charge in [-0.05, 0) is 67.6 Å². The number of methoxy groups -OCH3 is 1. The molecule has 0 bridgehead atoms. The van der Waals surface area contributed by atoms with Gasteiger partial charge in [0.1, 0.15) is 11.4 Å². The lowest BCUT2D eigenvalue weighted by Crippen LogP contribution is -2.63. The van der Waals surface area contributed by atoms with E-state index in [9.17, 15) is 19.5 Å². The van der Waals surface area contributed by atoms with Crippen LogP contribution in [0.4, 0.5) is 0 Å². The SMILES string of the molecule is C.C#C.CCC.CCC(=O)OCC(=O)[C@@]1(OC)CCC2C3CCC4CC(=O)CC[C@]4(C)C3[C@@H](O)C[C@@]21C. The number of ketones is 2. The van der Waals surface area contributed by atoms with Crippen LogP contribution in [0.3, 0.4) is 0 Å². The Morgan fingerprint density at radius 1 is 1.08 bits per heavy atom. The first kappa shape index (κ1) is 33.3. The van der Waals surface area contributed by atoms with E-state index in [1.165, 1.54) is 6.42 Å². The van der Waals surface area contributed by atoms with Crippen molar-refractivity contribution in [1.29, 1.82) is 0 Å². The monoisotopic (exact) mass is 520 g/mol. The molecule has 4 fully saturated rings. The molecule has 4 unspecified atom stereocenters. The zero-order chi connectivity index (χ0) is 27.3. The Morgan fingerprint density at radius 2 is 1.70 bits per heavy atom. The van der Waals surface area contributed by atoms with Crippen molar-refractivity contribution < 1.29 is 29.0 Å². The van der Waals surface area contributed by atoms with E-state index in [0.717, 1.165) is 25.7 Å². The number of carbonyl (C=O) groups excluding carboxylic acids is 3. The summed E-state index contributed by atoms with van der Waals surface area (Å²) < 4.78 is 11.2. The summed E-state index contributed by atoms with van der Waals surface area (Å²) in [6, 6.07) is 0. The maximum Gasteiger partial charge on any atom is 0.305 e. The van der Waals surface area contributed by atoms with Gasteiger partial charge >= 0.3 is 5.97 Å². The molecule has 8 atom stereocenters. The fourth-order valence-corrected chi connectivity index (χ4v) is 8.43. The van der Waals surface area contributed by atoms with Crippen LogP contribution < -0.4 is 0 Å². The third-order valence-electron chi connectivity index (χ3n) is 9.99. The van der Waals surface area contributed by atoms with E-state index in [1.54, 1.807) is 14.0 Å². The van der Waals surface area contributed by atoms with Gasteiger partial charge in [0.05, 0.1) is 6.10 Å². The Hall–Kier alpha value is -1.71. The van der Waals surface area contributed by atoms with E-state index in [0.29, 0.717) is 43.3 Å². The van der Waals surface area contributed by atoms with E-state index >= 15 is 0 Å². The second-order valence-corrected chi connectivity index (χ2v) is 11.7. The number of ether oxygens (including phenoxy) is 2. The maximum atomic E-state index is 13.4. The molecule has 0 radical (unpaired) electrons. The topological polar surface area (TPSA) is 89.9 Å². The minimum Gasteiger partial charge on any atom is -0.458 e. The summed E-state index contributed by atoms with van der Waals surface area (Å²) in [5, 5.41) is 11.5. The summed E-state index contributed by atoms with van der Waals surface area (Å²) in [4.78, 5) is 37.1. The van der Waals surface area contributed by atoms with E-state index in [2.05, 4.69) is 40.5 Å². The number of carbonyl (C=O) groups is 3. The van der Waals surface area contributed by atoms with Crippen molar-refractivity contribution in [2.45, 2.75) is 118 Å². The van der Waals surface area contributed by atoms with Crippen molar-refractivity contribution in [1.82, 2.24) is 0 Å². The van der Waals surface area contributed by atoms with Crippen molar-refractivity contribution in [3.8, 4) is 12.8 Å². The predicted octanol–water partition coefficient (Wildman–Crippen LogP) is 5.78. The summed E-state index contributed by atoms with van der Waals surface area (Å²) in [6.07, 6.45) is 15.1. The maximum absolute atomic E-state index is 13.4. The van der Waals surface area contributed by atoms with Crippen molar-refractivity contribution in [3.05, 3.63) is 0 Å². The van der Waals surface area contributed by atoms with E-state index in [4.69, 9.17) is 9.47 Å². The van der Waals surface area contributed by atoms with Crippen LogP contribution in [0.25, 0.3) is 0 Å². The van der Waals surface area contributed by atoms with Crippen molar-refractivity contribution in [2.24, 2.45) is 34.5 Å². The molecule has 0 heterocycles. The highest BCUT2D eigenvalue weighted by Gasteiger charge is 2.69. The number of aliphatic hydroxyl groups excluding tert-OH is 1. The molecule has 4 aliphatic rings. The van der Waals surface area contributed by atoms with Gasteiger partial charge in [-0.15, -0.1) is 12.8 Å². The van der Waals surface area contributed by atoms with Crippen molar-refractivity contribution in [2.75, 3.05) is 13.7 Å². The lowest BCUT2D eigenvalue weighted by molar-refractivity contribution is -0.205. The molecule has 1 N–H and O–H groups in total. The standard InChI is InChI=1S/C25H38O6.C3H8.C2H2.CH4/c1-5-21(29)31-14-20(28)25(30-4)11-9-18-17-7-6-15-12-16(26)8-10-23(15,2)22(17)19(27)13-24(18,25)3;1-3-2;1-2;/h15,17-19,22,27H,5-14H2,1-4H3;3H2,1-2H3;1-2H;1H4/t15?,17?,18?,19-,22?,23-,24-,25-;;;/m0.../s1. The average molecular weight is 521 g/mol. The summed E-state index contributed by atoms with van der Waals surface area (Å²) in [7, 11) is 1.58. The summed E-state index contributed by atoms with van der Waals surface area (Å²) in [5.41, 5.74) is -1.54. The number of Topliss-reactive ketones (excluding diaryl/α,β-unsaturated/α-hetero) is 2. The van der Waals surface area contributed by atoms with E-state index in [1.807, 2.05) is 0 Å². The highest BCUT2D eigenvalue weighted by atomic mass is 16.5. The quantitative estimate of drug-likeness (QED) is 0.365. The molecule has 0 aromatic rings. The summed E-state index contributed by atoms with van der Waals surface area (Å²) in [6.45, 7) is 10.1.